The smallest absolute Gasteiger partial charge is 0.268 e. The molecule has 1 N–H and O–H groups in total. The summed E-state index contributed by atoms with van der Waals surface area (Å²) in [7, 11) is 0. The average molecular weight is 469 g/mol. The Balaban J connectivity index is 1.41. The summed E-state index contributed by atoms with van der Waals surface area (Å²) in [6, 6.07) is 21.5. The molecule has 0 radical (unpaired) electrons. The van der Waals surface area contributed by atoms with Crippen LogP contribution in [0.15, 0.2) is 77.8 Å². The first-order valence-electron chi connectivity index (χ1n) is 10.8. The first kappa shape index (κ1) is 23.0. The predicted molar refractivity (Wildman–Crippen MR) is 136 cm³/mol. The zero-order chi connectivity index (χ0) is 23.9. The Morgan fingerprint density at radius 1 is 1.18 bits per heavy atom. The number of hydrogen-bond donors (Lipinski definition) is 1. The van der Waals surface area contributed by atoms with E-state index < -0.39 is 5.91 Å². The second-order valence-electron chi connectivity index (χ2n) is 7.77. The maximum Gasteiger partial charge on any atom is 0.268 e. The first-order valence-corrected chi connectivity index (χ1v) is 11.7. The molecule has 4 rings (SSSR count). The SMILES string of the molecule is Cc1ccc(OCCn2cccc2/C=C(/C#N)C(=O)Nc2nc(-c3ccccc3)cs2)c(C)c1. The van der Waals surface area contributed by atoms with Crippen LogP contribution in [0, 0.1) is 25.2 Å². The number of carbonyl (C=O) groups is 1. The van der Waals surface area contributed by atoms with Crippen LogP contribution >= 0.6 is 11.3 Å². The number of aromatic nitrogens is 2. The lowest BCUT2D eigenvalue weighted by Gasteiger charge is -2.11. The second kappa shape index (κ2) is 10.6. The highest BCUT2D eigenvalue weighted by Gasteiger charge is 2.13. The van der Waals surface area contributed by atoms with Gasteiger partial charge in [0, 0.05) is 22.8 Å². The van der Waals surface area contributed by atoms with Crippen molar-refractivity contribution in [3.05, 3.63) is 94.6 Å². The quantitative estimate of drug-likeness (QED) is 0.260. The maximum absolute atomic E-state index is 12.7. The molecule has 34 heavy (non-hydrogen) atoms. The van der Waals surface area contributed by atoms with Crippen molar-refractivity contribution in [3.8, 4) is 23.1 Å². The number of amides is 1. The lowest BCUT2D eigenvalue weighted by molar-refractivity contribution is -0.112. The number of hydrogen-bond acceptors (Lipinski definition) is 5. The van der Waals surface area contributed by atoms with Crippen LogP contribution in [0.25, 0.3) is 17.3 Å². The molecule has 6 nitrogen and oxygen atoms in total. The van der Waals surface area contributed by atoms with Crippen LogP contribution < -0.4 is 10.1 Å². The fraction of sp³-hybridized carbons (Fsp3) is 0.148. The summed E-state index contributed by atoms with van der Waals surface area (Å²) in [5, 5.41) is 14.7. The highest BCUT2D eigenvalue weighted by atomic mass is 32.1. The van der Waals surface area contributed by atoms with Gasteiger partial charge in [-0.25, -0.2) is 4.98 Å². The summed E-state index contributed by atoms with van der Waals surface area (Å²) in [5.41, 5.74) is 4.79. The number of nitrogens with one attached hydrogen (secondary N) is 1. The minimum Gasteiger partial charge on any atom is -0.491 e. The highest BCUT2D eigenvalue weighted by molar-refractivity contribution is 7.14. The predicted octanol–water partition coefficient (Wildman–Crippen LogP) is 5.85. The van der Waals surface area contributed by atoms with Gasteiger partial charge in [-0.2, -0.15) is 5.26 Å². The Bertz CT molecular complexity index is 1360. The van der Waals surface area contributed by atoms with E-state index in [1.165, 1.54) is 16.9 Å². The number of rotatable bonds is 8. The lowest BCUT2D eigenvalue weighted by Crippen LogP contribution is -2.14. The molecule has 0 bridgehead atoms. The van der Waals surface area contributed by atoms with Gasteiger partial charge in [-0.1, -0.05) is 48.0 Å². The maximum atomic E-state index is 12.7. The van der Waals surface area contributed by atoms with Crippen LogP contribution in [0.2, 0.25) is 0 Å². The number of thiazole rings is 1. The van der Waals surface area contributed by atoms with Gasteiger partial charge in [0.15, 0.2) is 5.13 Å². The zero-order valence-corrected chi connectivity index (χ0v) is 19.8. The van der Waals surface area contributed by atoms with E-state index in [-0.39, 0.29) is 5.57 Å². The van der Waals surface area contributed by atoms with E-state index in [0.29, 0.717) is 18.3 Å². The van der Waals surface area contributed by atoms with E-state index in [1.54, 1.807) is 6.08 Å². The Labute approximate surface area is 202 Å². The summed E-state index contributed by atoms with van der Waals surface area (Å²) in [6.45, 7) is 5.12. The van der Waals surface area contributed by atoms with Crippen molar-refractivity contribution < 1.29 is 9.53 Å². The first-order chi connectivity index (χ1) is 16.5. The lowest BCUT2D eigenvalue weighted by atomic mass is 10.1. The van der Waals surface area contributed by atoms with Crippen molar-refractivity contribution in [2.45, 2.75) is 20.4 Å². The van der Waals surface area contributed by atoms with Gasteiger partial charge in [0.05, 0.1) is 12.2 Å². The molecular formula is C27H24N4O2S. The molecular weight excluding hydrogens is 444 g/mol. The van der Waals surface area contributed by atoms with Gasteiger partial charge in [0.2, 0.25) is 0 Å². The van der Waals surface area contributed by atoms with Crippen LogP contribution in [-0.2, 0) is 11.3 Å². The van der Waals surface area contributed by atoms with Gasteiger partial charge < -0.3 is 9.30 Å². The molecule has 0 aliphatic carbocycles. The third-order valence-corrected chi connectivity index (χ3v) is 5.99. The average Bonchev–Trinajstić information content (AvgIpc) is 3.49. The van der Waals surface area contributed by atoms with Crippen LogP contribution in [0.3, 0.4) is 0 Å². The topological polar surface area (TPSA) is 79.9 Å². The number of carbonyl (C=O) groups excluding carboxylic acids is 1. The largest absolute Gasteiger partial charge is 0.491 e. The highest BCUT2D eigenvalue weighted by Crippen LogP contribution is 2.25. The number of aryl methyl sites for hydroxylation is 2. The number of anilines is 1. The van der Waals surface area contributed by atoms with Gasteiger partial charge in [0.25, 0.3) is 5.91 Å². The van der Waals surface area contributed by atoms with Crippen molar-refractivity contribution in [1.29, 1.82) is 5.26 Å². The van der Waals surface area contributed by atoms with Crippen LogP contribution in [0.4, 0.5) is 5.13 Å². The molecule has 0 aliphatic heterocycles. The van der Waals surface area contributed by atoms with Crippen molar-refractivity contribution in [3.63, 3.8) is 0 Å². The van der Waals surface area contributed by atoms with Crippen molar-refractivity contribution in [2.75, 3.05) is 11.9 Å². The molecule has 0 unspecified atom stereocenters. The fourth-order valence-electron chi connectivity index (χ4n) is 3.51. The number of ether oxygens (including phenoxy) is 1. The number of nitrogens with zero attached hydrogens (tertiary/aromatic N) is 3. The van der Waals surface area contributed by atoms with Crippen LogP contribution in [0.5, 0.6) is 5.75 Å². The zero-order valence-electron chi connectivity index (χ0n) is 19.0. The minimum atomic E-state index is -0.490. The van der Waals surface area contributed by atoms with E-state index in [0.717, 1.165) is 28.3 Å². The molecule has 0 fully saturated rings. The van der Waals surface area contributed by atoms with E-state index in [1.807, 2.05) is 83.7 Å². The van der Waals surface area contributed by atoms with Crippen molar-refractivity contribution >= 4 is 28.5 Å². The Hall–Kier alpha value is -4.15. The minimum absolute atomic E-state index is 0.00621. The van der Waals surface area contributed by atoms with E-state index in [2.05, 4.69) is 23.3 Å². The Morgan fingerprint density at radius 2 is 2.00 bits per heavy atom. The third-order valence-electron chi connectivity index (χ3n) is 5.24. The molecule has 170 valence electrons. The molecule has 1 amide bonds. The third kappa shape index (κ3) is 5.61. The Morgan fingerprint density at radius 3 is 2.76 bits per heavy atom. The van der Waals surface area contributed by atoms with Gasteiger partial charge >= 0.3 is 0 Å². The van der Waals surface area contributed by atoms with Gasteiger partial charge in [-0.15, -0.1) is 11.3 Å². The van der Waals surface area contributed by atoms with Crippen molar-refractivity contribution in [2.24, 2.45) is 0 Å². The molecule has 2 aromatic carbocycles. The van der Waals surface area contributed by atoms with E-state index in [9.17, 15) is 10.1 Å². The monoisotopic (exact) mass is 468 g/mol. The van der Waals surface area contributed by atoms with Crippen LogP contribution in [-0.4, -0.2) is 22.1 Å². The van der Waals surface area contributed by atoms with Gasteiger partial charge in [-0.05, 0) is 43.7 Å². The summed E-state index contributed by atoms with van der Waals surface area (Å²) in [5.74, 6) is 0.362. The molecule has 7 heteroatoms. The summed E-state index contributed by atoms with van der Waals surface area (Å²) < 4.78 is 7.87. The number of nitriles is 1. The fourth-order valence-corrected chi connectivity index (χ4v) is 4.23. The summed E-state index contributed by atoms with van der Waals surface area (Å²) >= 11 is 1.32. The Kier molecular flexibility index (Phi) is 7.21. The van der Waals surface area contributed by atoms with Crippen molar-refractivity contribution in [1.82, 2.24) is 9.55 Å². The second-order valence-corrected chi connectivity index (χ2v) is 8.63. The van der Waals surface area contributed by atoms with Crippen LogP contribution in [0.1, 0.15) is 16.8 Å². The summed E-state index contributed by atoms with van der Waals surface area (Å²) in [6.07, 6.45) is 3.48. The summed E-state index contributed by atoms with van der Waals surface area (Å²) in [4.78, 5) is 17.2. The standard InChI is InChI=1S/C27H24N4O2S/c1-19-10-11-25(20(2)15-19)33-14-13-31-12-6-9-23(31)16-22(17-28)26(32)30-27-29-24(18-34-27)21-7-4-3-5-8-21/h3-12,15-16,18H,13-14H2,1-2H3,(H,29,30,32)/b22-16-. The molecule has 0 saturated heterocycles. The molecule has 2 heterocycles. The number of benzene rings is 2. The molecule has 4 aromatic rings. The van der Waals surface area contributed by atoms with Gasteiger partial charge in [0.1, 0.15) is 24.0 Å². The molecule has 2 aromatic heterocycles. The molecule has 0 aliphatic rings. The molecule has 0 atom stereocenters. The normalized spacial score (nSPS) is 11.1. The van der Waals surface area contributed by atoms with E-state index in [4.69, 9.17) is 4.74 Å². The molecule has 0 saturated carbocycles. The van der Waals surface area contributed by atoms with Gasteiger partial charge in [-0.3, -0.25) is 10.1 Å². The molecule has 0 spiro atoms. The van der Waals surface area contributed by atoms with E-state index >= 15 is 0 Å².